The quantitative estimate of drug-likeness (QED) is 0.676. The van der Waals surface area contributed by atoms with Gasteiger partial charge in [0.1, 0.15) is 12.9 Å². The van der Waals surface area contributed by atoms with Crippen molar-refractivity contribution in [3.8, 4) is 5.88 Å². The van der Waals surface area contributed by atoms with Crippen LogP contribution in [0.4, 0.5) is 4.39 Å². The summed E-state index contributed by atoms with van der Waals surface area (Å²) in [6.45, 7) is 6.34. The Morgan fingerprint density at radius 1 is 1.00 bits per heavy atom. The van der Waals surface area contributed by atoms with Gasteiger partial charge >= 0.3 is 0 Å². The molecule has 0 bridgehead atoms. The maximum Gasteiger partial charge on any atom is 0.224 e. The highest BCUT2D eigenvalue weighted by Gasteiger charge is 2.16. The molecule has 1 unspecified atom stereocenters. The molecule has 124 valence electrons. The molecule has 0 spiro atoms. The first kappa shape index (κ1) is 16.4. The van der Waals surface area contributed by atoms with Crippen LogP contribution in [0.2, 0.25) is 0 Å². The van der Waals surface area contributed by atoms with Gasteiger partial charge in [0.15, 0.2) is 6.17 Å². The van der Waals surface area contributed by atoms with Gasteiger partial charge in [-0.25, -0.2) is 14.4 Å². The lowest BCUT2D eigenvalue weighted by atomic mass is 9.86. The van der Waals surface area contributed by atoms with E-state index >= 15 is 0 Å². The van der Waals surface area contributed by atoms with Gasteiger partial charge in [-0.15, -0.1) is 0 Å². The lowest BCUT2D eigenvalue weighted by Crippen LogP contribution is -2.12. The third-order valence-corrected chi connectivity index (χ3v) is 4.01. The molecular weight excluding hydrogens is 303 g/mol. The minimum atomic E-state index is -1.20. The topological polar surface area (TPSA) is 35.0 Å². The molecule has 0 aliphatic carbocycles. The van der Waals surface area contributed by atoms with Gasteiger partial charge in [-0.1, -0.05) is 57.2 Å². The van der Waals surface area contributed by atoms with E-state index in [1.54, 1.807) is 0 Å². The zero-order valence-corrected chi connectivity index (χ0v) is 14.2. The van der Waals surface area contributed by atoms with Crippen molar-refractivity contribution in [3.05, 3.63) is 66.0 Å². The number of hydrogen-bond donors (Lipinski definition) is 0. The summed E-state index contributed by atoms with van der Waals surface area (Å²) in [5, 5.41) is 0.787. The Balaban J connectivity index is 1.72. The lowest BCUT2D eigenvalue weighted by molar-refractivity contribution is 0.194. The van der Waals surface area contributed by atoms with Gasteiger partial charge in [0.2, 0.25) is 5.88 Å². The largest absolute Gasteiger partial charge is 0.474 e. The number of hydrogen-bond acceptors (Lipinski definition) is 3. The van der Waals surface area contributed by atoms with E-state index < -0.39 is 6.17 Å². The van der Waals surface area contributed by atoms with Gasteiger partial charge in [0.25, 0.3) is 0 Å². The fraction of sp³-hybridized carbons (Fsp3) is 0.300. The van der Waals surface area contributed by atoms with Crippen LogP contribution in [0.25, 0.3) is 10.9 Å². The van der Waals surface area contributed by atoms with Crippen molar-refractivity contribution in [1.29, 1.82) is 0 Å². The Morgan fingerprint density at radius 3 is 2.42 bits per heavy atom. The molecule has 0 aliphatic rings. The van der Waals surface area contributed by atoms with Crippen molar-refractivity contribution < 1.29 is 9.13 Å². The molecule has 3 nitrogen and oxygen atoms in total. The van der Waals surface area contributed by atoms with Crippen LogP contribution < -0.4 is 4.74 Å². The fourth-order valence-electron chi connectivity index (χ4n) is 2.54. The van der Waals surface area contributed by atoms with Crippen molar-refractivity contribution in [2.75, 3.05) is 6.61 Å². The molecule has 4 heteroatoms. The van der Waals surface area contributed by atoms with Crippen LogP contribution in [0.3, 0.4) is 0 Å². The van der Waals surface area contributed by atoms with Crippen LogP contribution in [0.1, 0.15) is 38.1 Å². The first-order valence-electron chi connectivity index (χ1n) is 8.02. The van der Waals surface area contributed by atoms with Gasteiger partial charge in [-0.2, -0.15) is 0 Å². The first-order chi connectivity index (χ1) is 11.4. The number of halogens is 1. The molecule has 24 heavy (non-hydrogen) atoms. The fourth-order valence-corrected chi connectivity index (χ4v) is 2.54. The molecule has 1 aromatic heterocycles. The summed E-state index contributed by atoms with van der Waals surface area (Å²) in [7, 11) is 0. The van der Waals surface area contributed by atoms with Gasteiger partial charge in [0.05, 0.1) is 10.9 Å². The molecule has 0 amide bonds. The highest BCUT2D eigenvalue weighted by atomic mass is 19.1. The Bertz CT molecular complexity index is 820. The van der Waals surface area contributed by atoms with E-state index in [0.717, 1.165) is 10.9 Å². The summed E-state index contributed by atoms with van der Waals surface area (Å²) in [5.74, 6) is 0.412. The number of benzene rings is 2. The van der Waals surface area contributed by atoms with E-state index in [-0.39, 0.29) is 12.0 Å². The third kappa shape index (κ3) is 3.53. The molecule has 0 aliphatic heterocycles. The second-order valence-corrected chi connectivity index (χ2v) is 6.85. The molecule has 1 heterocycles. The van der Waals surface area contributed by atoms with E-state index in [4.69, 9.17) is 4.74 Å². The standard InChI is InChI=1S/C20H21FN2O/c1-20(2,3)15-10-8-14(9-11-15)17(21)12-24-19-16-6-4-5-7-18(16)22-13-23-19/h4-11,13,17H,12H2,1-3H3. The molecule has 3 aromatic rings. The Hall–Kier alpha value is -2.49. The van der Waals surface area contributed by atoms with Crippen molar-refractivity contribution in [2.24, 2.45) is 0 Å². The van der Waals surface area contributed by atoms with Crippen molar-refractivity contribution in [2.45, 2.75) is 32.4 Å². The number of rotatable bonds is 4. The zero-order chi connectivity index (χ0) is 17.2. The van der Waals surface area contributed by atoms with E-state index in [2.05, 4.69) is 30.7 Å². The summed E-state index contributed by atoms with van der Waals surface area (Å²) in [6.07, 6.45) is 0.232. The monoisotopic (exact) mass is 324 g/mol. The van der Waals surface area contributed by atoms with E-state index in [0.29, 0.717) is 11.4 Å². The average Bonchev–Trinajstić information content (AvgIpc) is 2.59. The Kier molecular flexibility index (Phi) is 4.47. The molecule has 3 rings (SSSR count). The van der Waals surface area contributed by atoms with Crippen LogP contribution in [0.15, 0.2) is 54.9 Å². The van der Waals surface area contributed by atoms with Crippen molar-refractivity contribution in [3.63, 3.8) is 0 Å². The van der Waals surface area contributed by atoms with Gasteiger partial charge < -0.3 is 4.74 Å². The number of ether oxygens (including phenoxy) is 1. The maximum absolute atomic E-state index is 14.5. The van der Waals surface area contributed by atoms with Gasteiger partial charge in [0, 0.05) is 0 Å². The van der Waals surface area contributed by atoms with Crippen molar-refractivity contribution >= 4 is 10.9 Å². The SMILES string of the molecule is CC(C)(C)c1ccc(C(F)COc2ncnc3ccccc23)cc1. The maximum atomic E-state index is 14.5. The normalized spacial score (nSPS) is 13.0. The molecular formula is C20H21FN2O. The zero-order valence-electron chi connectivity index (χ0n) is 14.2. The summed E-state index contributed by atoms with van der Waals surface area (Å²) >= 11 is 0. The molecule has 1 atom stereocenters. The highest BCUT2D eigenvalue weighted by molar-refractivity contribution is 5.82. The van der Waals surface area contributed by atoms with Crippen LogP contribution in [-0.2, 0) is 5.41 Å². The van der Waals surface area contributed by atoms with Crippen molar-refractivity contribution in [1.82, 2.24) is 9.97 Å². The predicted molar refractivity (Wildman–Crippen MR) is 94.0 cm³/mol. The van der Waals surface area contributed by atoms with Crippen LogP contribution in [-0.4, -0.2) is 16.6 Å². The minimum absolute atomic E-state index is 0.0563. The first-order valence-corrected chi connectivity index (χ1v) is 8.02. The van der Waals surface area contributed by atoms with Crippen LogP contribution in [0.5, 0.6) is 5.88 Å². The molecule has 2 aromatic carbocycles. The van der Waals surface area contributed by atoms with E-state index in [1.807, 2.05) is 48.5 Å². The number of alkyl halides is 1. The number of nitrogens with zero attached hydrogens (tertiary/aromatic N) is 2. The molecule has 0 N–H and O–H groups in total. The molecule has 0 saturated carbocycles. The average molecular weight is 324 g/mol. The van der Waals surface area contributed by atoms with E-state index in [9.17, 15) is 4.39 Å². The van der Waals surface area contributed by atoms with Gasteiger partial charge in [-0.3, -0.25) is 0 Å². The number of fused-ring (bicyclic) bond motifs is 1. The van der Waals surface area contributed by atoms with Crippen LogP contribution in [0, 0.1) is 0 Å². The summed E-state index contributed by atoms with van der Waals surface area (Å²) in [5.41, 5.74) is 2.63. The predicted octanol–water partition coefficient (Wildman–Crippen LogP) is 5.02. The minimum Gasteiger partial charge on any atom is -0.474 e. The molecule has 0 fully saturated rings. The lowest BCUT2D eigenvalue weighted by Gasteiger charge is -2.19. The number of para-hydroxylation sites is 1. The second-order valence-electron chi connectivity index (χ2n) is 6.85. The second kappa shape index (κ2) is 6.56. The Labute approximate surface area is 141 Å². The smallest absolute Gasteiger partial charge is 0.224 e. The number of aromatic nitrogens is 2. The van der Waals surface area contributed by atoms with Crippen LogP contribution >= 0.6 is 0 Å². The summed E-state index contributed by atoms with van der Waals surface area (Å²) < 4.78 is 20.1. The molecule has 0 radical (unpaired) electrons. The Morgan fingerprint density at radius 2 is 1.71 bits per heavy atom. The highest BCUT2D eigenvalue weighted by Crippen LogP contribution is 2.26. The van der Waals surface area contributed by atoms with Gasteiger partial charge in [-0.05, 0) is 28.7 Å². The van der Waals surface area contributed by atoms with E-state index in [1.165, 1.54) is 11.9 Å². The summed E-state index contributed by atoms with van der Waals surface area (Å²) in [6, 6.07) is 15.1. The molecule has 0 saturated heterocycles. The third-order valence-electron chi connectivity index (χ3n) is 4.01. The summed E-state index contributed by atoms with van der Waals surface area (Å²) in [4.78, 5) is 8.29.